The molecule has 0 radical (unpaired) electrons. The lowest BCUT2D eigenvalue weighted by molar-refractivity contribution is -0.136. The van der Waals surface area contributed by atoms with Gasteiger partial charge in [0.15, 0.2) is 0 Å². The van der Waals surface area contributed by atoms with Crippen molar-refractivity contribution in [1.82, 2.24) is 0 Å². The maximum Gasteiger partial charge on any atom is 0.305 e. The number of nitrogens with one attached hydrogen (secondary N) is 1. The Morgan fingerprint density at radius 3 is 3.00 bits per heavy atom. The van der Waals surface area contributed by atoms with E-state index in [0.717, 1.165) is 5.69 Å². The van der Waals surface area contributed by atoms with Crippen molar-refractivity contribution in [2.45, 2.75) is 6.42 Å². The summed E-state index contributed by atoms with van der Waals surface area (Å²) in [6.07, 6.45) is -0.123. The van der Waals surface area contributed by atoms with Crippen molar-refractivity contribution in [1.29, 1.82) is 5.26 Å². The van der Waals surface area contributed by atoms with Crippen LogP contribution in [-0.4, -0.2) is 30.1 Å². The van der Waals surface area contributed by atoms with Gasteiger partial charge < -0.3 is 15.3 Å². The Labute approximate surface area is 103 Å². The van der Waals surface area contributed by atoms with E-state index in [0.29, 0.717) is 11.3 Å². The summed E-state index contributed by atoms with van der Waals surface area (Å²) in [6.45, 7) is 0.246. The van der Waals surface area contributed by atoms with Gasteiger partial charge in [0.2, 0.25) is 5.91 Å². The number of rotatable bonds is 3. The normalized spacial score (nSPS) is 13.5. The third kappa shape index (κ3) is 2.25. The number of carboxylic acids is 1. The molecule has 0 unspecified atom stereocenters. The van der Waals surface area contributed by atoms with E-state index in [1.165, 1.54) is 4.90 Å². The summed E-state index contributed by atoms with van der Waals surface area (Å²) in [4.78, 5) is 23.7. The molecule has 0 bridgehead atoms. The van der Waals surface area contributed by atoms with E-state index < -0.39 is 5.97 Å². The minimum absolute atomic E-state index is 0.109. The number of carbonyl (C=O) groups excluding carboxylic acids is 1. The predicted molar refractivity (Wildman–Crippen MR) is 64.3 cm³/mol. The van der Waals surface area contributed by atoms with Crippen LogP contribution < -0.4 is 10.2 Å². The van der Waals surface area contributed by atoms with Gasteiger partial charge >= 0.3 is 5.97 Å². The summed E-state index contributed by atoms with van der Waals surface area (Å²) in [6, 6.07) is 6.95. The van der Waals surface area contributed by atoms with Crippen molar-refractivity contribution < 1.29 is 14.7 Å². The van der Waals surface area contributed by atoms with E-state index >= 15 is 0 Å². The van der Waals surface area contributed by atoms with E-state index in [1.807, 2.05) is 6.07 Å². The molecule has 92 valence electrons. The number of nitrogens with zero attached hydrogens (tertiary/aromatic N) is 2. The molecule has 6 heteroatoms. The van der Waals surface area contributed by atoms with Crippen LogP contribution in [0.5, 0.6) is 0 Å². The van der Waals surface area contributed by atoms with Gasteiger partial charge in [-0.3, -0.25) is 9.59 Å². The quantitative estimate of drug-likeness (QED) is 0.821. The van der Waals surface area contributed by atoms with Crippen molar-refractivity contribution in [3.8, 4) is 6.07 Å². The fourth-order valence-corrected chi connectivity index (χ4v) is 1.83. The Hall–Kier alpha value is -2.55. The summed E-state index contributed by atoms with van der Waals surface area (Å²) in [5.74, 6) is -1.15. The van der Waals surface area contributed by atoms with Gasteiger partial charge in [0.1, 0.15) is 0 Å². The molecule has 1 aromatic carbocycles. The third-order valence-corrected chi connectivity index (χ3v) is 2.70. The first-order chi connectivity index (χ1) is 8.61. The highest BCUT2D eigenvalue weighted by molar-refractivity contribution is 6.03. The van der Waals surface area contributed by atoms with Gasteiger partial charge in [0.05, 0.1) is 36.0 Å². The van der Waals surface area contributed by atoms with Gasteiger partial charge in [-0.2, -0.15) is 5.26 Å². The molecule has 6 nitrogen and oxygen atoms in total. The van der Waals surface area contributed by atoms with Crippen LogP contribution >= 0.6 is 0 Å². The summed E-state index contributed by atoms with van der Waals surface area (Å²) < 4.78 is 0. The van der Waals surface area contributed by atoms with Crippen molar-refractivity contribution in [3.05, 3.63) is 23.8 Å². The Balaban J connectivity index is 2.33. The van der Waals surface area contributed by atoms with Crippen molar-refractivity contribution in [2.24, 2.45) is 0 Å². The predicted octanol–water partition coefficient (Wildman–Crippen LogP) is 0.791. The summed E-state index contributed by atoms with van der Waals surface area (Å²) in [5.41, 5.74) is 1.73. The summed E-state index contributed by atoms with van der Waals surface area (Å²) in [5, 5.41) is 20.4. The average molecular weight is 245 g/mol. The maximum absolute atomic E-state index is 11.8. The molecule has 0 aromatic heterocycles. The average Bonchev–Trinajstić information content (AvgIpc) is 2.36. The van der Waals surface area contributed by atoms with Gasteiger partial charge in [-0.05, 0) is 18.2 Å². The standard InChI is InChI=1S/C12H11N3O3/c13-6-8-1-2-9-10(5-8)15(4-3-12(17)18)11(16)7-14-9/h1-2,5,14H,3-4,7H2,(H,17,18). The number of nitriles is 1. The van der Waals surface area contributed by atoms with E-state index in [4.69, 9.17) is 10.4 Å². The molecule has 1 aliphatic heterocycles. The van der Waals surface area contributed by atoms with Crippen molar-refractivity contribution in [2.75, 3.05) is 23.3 Å². The molecule has 0 saturated heterocycles. The van der Waals surface area contributed by atoms with E-state index in [2.05, 4.69) is 5.32 Å². The van der Waals surface area contributed by atoms with E-state index in [9.17, 15) is 9.59 Å². The van der Waals surface area contributed by atoms with E-state index in [1.54, 1.807) is 18.2 Å². The number of anilines is 2. The van der Waals surface area contributed by atoms with Crippen LogP contribution in [-0.2, 0) is 9.59 Å². The molecule has 1 aromatic rings. The Bertz CT molecular complexity index is 548. The van der Waals surface area contributed by atoms with Gasteiger partial charge in [-0.1, -0.05) is 0 Å². The molecule has 2 rings (SSSR count). The van der Waals surface area contributed by atoms with Gasteiger partial charge in [0.25, 0.3) is 0 Å². The second kappa shape index (κ2) is 4.75. The largest absolute Gasteiger partial charge is 0.481 e. The zero-order chi connectivity index (χ0) is 13.1. The third-order valence-electron chi connectivity index (χ3n) is 2.70. The molecule has 0 aliphatic carbocycles. The zero-order valence-electron chi connectivity index (χ0n) is 9.51. The highest BCUT2D eigenvalue weighted by atomic mass is 16.4. The van der Waals surface area contributed by atoms with Crippen molar-refractivity contribution >= 4 is 23.3 Å². The monoisotopic (exact) mass is 245 g/mol. The molecule has 1 amide bonds. The molecular weight excluding hydrogens is 234 g/mol. The van der Waals surface area contributed by atoms with Crippen LogP contribution in [0.15, 0.2) is 18.2 Å². The Kier molecular flexibility index (Phi) is 3.15. The summed E-state index contributed by atoms with van der Waals surface area (Å²) >= 11 is 0. The Morgan fingerprint density at radius 2 is 2.33 bits per heavy atom. The number of carbonyl (C=O) groups is 2. The topological polar surface area (TPSA) is 93.4 Å². The first-order valence-electron chi connectivity index (χ1n) is 5.42. The van der Waals surface area contributed by atoms with Crippen molar-refractivity contribution in [3.63, 3.8) is 0 Å². The number of fused-ring (bicyclic) bond motifs is 1. The van der Waals surface area contributed by atoms with Crippen LogP contribution in [0.3, 0.4) is 0 Å². The second-order valence-corrected chi connectivity index (χ2v) is 3.89. The number of amides is 1. The van der Waals surface area contributed by atoms with Crippen LogP contribution in [0.4, 0.5) is 11.4 Å². The van der Waals surface area contributed by atoms with Gasteiger partial charge in [0, 0.05) is 6.54 Å². The van der Waals surface area contributed by atoms with E-state index in [-0.39, 0.29) is 25.4 Å². The lowest BCUT2D eigenvalue weighted by Gasteiger charge is -2.29. The molecule has 1 aliphatic rings. The Morgan fingerprint density at radius 1 is 1.56 bits per heavy atom. The number of hydrogen-bond acceptors (Lipinski definition) is 4. The number of hydrogen-bond donors (Lipinski definition) is 2. The molecular formula is C12H11N3O3. The fraction of sp³-hybridized carbons (Fsp3) is 0.250. The maximum atomic E-state index is 11.8. The van der Waals surface area contributed by atoms with Gasteiger partial charge in [-0.15, -0.1) is 0 Å². The first-order valence-corrected chi connectivity index (χ1v) is 5.42. The lowest BCUT2D eigenvalue weighted by atomic mass is 10.1. The zero-order valence-corrected chi connectivity index (χ0v) is 9.51. The molecule has 2 N–H and O–H groups in total. The van der Waals surface area contributed by atoms with Crippen LogP contribution in [0.25, 0.3) is 0 Å². The molecule has 0 atom stereocenters. The fourth-order valence-electron chi connectivity index (χ4n) is 1.83. The molecule has 0 fully saturated rings. The SMILES string of the molecule is N#Cc1ccc2c(c1)N(CCC(=O)O)C(=O)CN2. The van der Waals surface area contributed by atoms with Gasteiger partial charge in [-0.25, -0.2) is 0 Å². The highest BCUT2D eigenvalue weighted by Crippen LogP contribution is 2.30. The minimum atomic E-state index is -0.959. The molecule has 1 heterocycles. The first kappa shape index (κ1) is 11.9. The highest BCUT2D eigenvalue weighted by Gasteiger charge is 2.24. The lowest BCUT2D eigenvalue weighted by Crippen LogP contribution is -2.41. The van der Waals surface area contributed by atoms with Crippen LogP contribution in [0, 0.1) is 11.3 Å². The number of benzene rings is 1. The molecule has 18 heavy (non-hydrogen) atoms. The smallest absolute Gasteiger partial charge is 0.305 e. The molecule has 0 saturated carbocycles. The van der Waals surface area contributed by atoms with Crippen LogP contribution in [0.1, 0.15) is 12.0 Å². The number of aliphatic carboxylic acids is 1. The number of carboxylic acid groups (broad SMARTS) is 1. The minimum Gasteiger partial charge on any atom is -0.481 e. The second-order valence-electron chi connectivity index (χ2n) is 3.89. The molecule has 0 spiro atoms. The summed E-state index contributed by atoms with van der Waals surface area (Å²) in [7, 11) is 0. The van der Waals surface area contributed by atoms with Crippen LogP contribution in [0.2, 0.25) is 0 Å².